The summed E-state index contributed by atoms with van der Waals surface area (Å²) >= 11 is 1.59. The normalized spacial score (nSPS) is 20.2. The van der Waals surface area contributed by atoms with Gasteiger partial charge in [0.05, 0.1) is 29.1 Å². The first-order valence-electron chi connectivity index (χ1n) is 11.1. The average Bonchev–Trinajstić information content (AvgIpc) is 3.60. The van der Waals surface area contributed by atoms with Crippen LogP contribution in [0.1, 0.15) is 25.3 Å². The molecule has 2 saturated heterocycles. The van der Waals surface area contributed by atoms with Crippen LogP contribution in [0.5, 0.6) is 0 Å². The minimum atomic E-state index is -0.414. The number of carbonyl (C=O) groups is 2. The first-order chi connectivity index (χ1) is 16.2. The summed E-state index contributed by atoms with van der Waals surface area (Å²) in [7, 11) is 0. The van der Waals surface area contributed by atoms with Crippen molar-refractivity contribution >= 4 is 39.6 Å². The van der Waals surface area contributed by atoms with Gasteiger partial charge in [0, 0.05) is 18.5 Å². The zero-order valence-electron chi connectivity index (χ0n) is 17.9. The van der Waals surface area contributed by atoms with Gasteiger partial charge in [-0.1, -0.05) is 42.5 Å². The van der Waals surface area contributed by atoms with Crippen LogP contribution >= 0.6 is 11.3 Å². The molecule has 0 unspecified atom stereocenters. The van der Waals surface area contributed by atoms with Gasteiger partial charge in [0.25, 0.3) is 5.91 Å². The van der Waals surface area contributed by atoms with Gasteiger partial charge in [0.2, 0.25) is 11.7 Å². The highest BCUT2D eigenvalue weighted by Gasteiger charge is 2.44. The average molecular weight is 459 g/mol. The number of likely N-dealkylation sites (tertiary alicyclic amines) is 1. The second-order valence-electron chi connectivity index (χ2n) is 8.46. The van der Waals surface area contributed by atoms with Gasteiger partial charge in [-0.25, -0.2) is 4.90 Å². The number of nitrogens with zero attached hydrogens (tertiary/aromatic N) is 6. The van der Waals surface area contributed by atoms with Crippen LogP contribution in [0.15, 0.2) is 60.0 Å². The lowest BCUT2D eigenvalue weighted by atomic mass is 10.0. The summed E-state index contributed by atoms with van der Waals surface area (Å²) in [5.74, 6) is 0.380. The van der Waals surface area contributed by atoms with Crippen molar-refractivity contribution in [3.8, 4) is 10.7 Å². The molecular formula is C24H22N6O2S. The molecule has 6 rings (SSSR count). The molecule has 9 heteroatoms. The fourth-order valence-corrected chi connectivity index (χ4v) is 5.52. The van der Waals surface area contributed by atoms with E-state index in [1.807, 2.05) is 60.0 Å². The number of hydrogen-bond donors (Lipinski definition) is 0. The molecule has 2 amide bonds. The highest BCUT2D eigenvalue weighted by Crippen LogP contribution is 2.33. The number of aromatic nitrogens is 4. The molecule has 2 aliphatic heterocycles. The Morgan fingerprint density at radius 3 is 2.58 bits per heavy atom. The van der Waals surface area contributed by atoms with E-state index in [0.717, 1.165) is 28.5 Å². The van der Waals surface area contributed by atoms with Crippen molar-refractivity contribution in [2.45, 2.75) is 31.3 Å². The number of thiophene rings is 1. The van der Waals surface area contributed by atoms with E-state index in [2.05, 4.69) is 20.3 Å². The van der Waals surface area contributed by atoms with Crippen LogP contribution in [-0.4, -0.2) is 56.1 Å². The smallest absolute Gasteiger partial charge is 0.251 e. The molecule has 4 aromatic rings. The van der Waals surface area contributed by atoms with Gasteiger partial charge in [-0.3, -0.25) is 14.5 Å². The molecule has 0 N–H and O–H groups in total. The molecule has 2 aliphatic rings. The minimum absolute atomic E-state index is 0.131. The zero-order valence-corrected chi connectivity index (χ0v) is 18.7. The molecule has 8 nitrogen and oxygen atoms in total. The van der Waals surface area contributed by atoms with Crippen LogP contribution in [0.2, 0.25) is 0 Å². The molecule has 0 bridgehead atoms. The summed E-state index contributed by atoms with van der Waals surface area (Å²) in [6.07, 6.45) is 1.84. The fourth-order valence-electron chi connectivity index (χ4n) is 4.87. The van der Waals surface area contributed by atoms with Gasteiger partial charge in [-0.15, -0.1) is 21.5 Å². The van der Waals surface area contributed by atoms with E-state index in [0.29, 0.717) is 24.6 Å². The summed E-state index contributed by atoms with van der Waals surface area (Å²) in [6, 6.07) is 17.3. The Balaban J connectivity index is 1.17. The first-order valence-corrected chi connectivity index (χ1v) is 12.0. The number of carbonyl (C=O) groups excluding carboxylic acids is 2. The van der Waals surface area contributed by atoms with Crippen molar-refractivity contribution in [1.82, 2.24) is 25.1 Å². The topological polar surface area (TPSA) is 84.2 Å². The predicted octanol–water partition coefficient (Wildman–Crippen LogP) is 3.52. The molecule has 0 saturated carbocycles. The molecule has 2 aromatic carbocycles. The molecule has 0 spiro atoms. The lowest BCUT2D eigenvalue weighted by Gasteiger charge is -2.34. The van der Waals surface area contributed by atoms with Crippen LogP contribution < -0.4 is 4.90 Å². The summed E-state index contributed by atoms with van der Waals surface area (Å²) in [5.41, 5.74) is 0.674. The van der Waals surface area contributed by atoms with Crippen molar-refractivity contribution in [3.05, 3.63) is 60.0 Å². The van der Waals surface area contributed by atoms with Crippen LogP contribution in [0.3, 0.4) is 0 Å². The molecule has 2 aromatic heterocycles. The maximum Gasteiger partial charge on any atom is 0.251 e. The van der Waals surface area contributed by atoms with E-state index < -0.39 is 6.04 Å². The molecule has 1 atom stereocenters. The molecule has 2 fully saturated rings. The molecular weight excluding hydrogens is 436 g/mol. The van der Waals surface area contributed by atoms with Gasteiger partial charge in [-0.2, -0.15) is 4.80 Å². The van der Waals surface area contributed by atoms with Crippen molar-refractivity contribution in [1.29, 1.82) is 0 Å². The molecule has 0 aliphatic carbocycles. The third kappa shape index (κ3) is 3.53. The Bertz CT molecular complexity index is 1320. The maximum absolute atomic E-state index is 13.4. The Hall–Kier alpha value is -3.43. The Morgan fingerprint density at radius 1 is 0.939 bits per heavy atom. The lowest BCUT2D eigenvalue weighted by molar-refractivity contribution is -0.123. The van der Waals surface area contributed by atoms with Crippen LogP contribution in [0, 0.1) is 0 Å². The highest BCUT2D eigenvalue weighted by atomic mass is 32.1. The highest BCUT2D eigenvalue weighted by molar-refractivity contribution is 7.13. The second kappa shape index (κ2) is 8.17. The fraction of sp³-hybridized carbons (Fsp3) is 0.292. The number of benzene rings is 2. The van der Waals surface area contributed by atoms with Crippen LogP contribution in [-0.2, 0) is 9.59 Å². The van der Waals surface area contributed by atoms with Gasteiger partial charge in [-0.05, 0) is 41.0 Å². The number of fused-ring (bicyclic) bond motifs is 1. The van der Waals surface area contributed by atoms with E-state index >= 15 is 0 Å². The Morgan fingerprint density at radius 2 is 1.76 bits per heavy atom. The van der Waals surface area contributed by atoms with E-state index in [9.17, 15) is 9.59 Å². The number of amides is 2. The number of rotatable bonds is 4. The van der Waals surface area contributed by atoms with Crippen molar-refractivity contribution in [2.75, 3.05) is 18.0 Å². The van der Waals surface area contributed by atoms with Crippen LogP contribution in [0.4, 0.5) is 5.69 Å². The maximum atomic E-state index is 13.4. The Labute approximate surface area is 194 Å². The third-order valence-electron chi connectivity index (χ3n) is 6.57. The van der Waals surface area contributed by atoms with E-state index in [1.165, 1.54) is 4.90 Å². The molecule has 0 radical (unpaired) electrons. The number of hydrogen-bond acceptors (Lipinski definition) is 7. The summed E-state index contributed by atoms with van der Waals surface area (Å²) < 4.78 is 0. The SMILES string of the molecule is O=C1C[C@@H](N2CCC(n3nnc(-c4cccs4)n3)CC2)C(=O)N1c1cccc2ccccc12. The van der Waals surface area contributed by atoms with Gasteiger partial charge >= 0.3 is 0 Å². The molecule has 33 heavy (non-hydrogen) atoms. The monoisotopic (exact) mass is 458 g/mol. The standard InChI is InChI=1S/C24H22N6O2S/c31-22-15-20(24(32)29(22)19-8-3-6-16-5-1-2-7-18(16)19)28-12-10-17(11-13-28)30-26-23(25-27-30)21-9-4-14-33-21/h1-9,14,17,20H,10-13,15H2/t20-/m1/s1. The summed E-state index contributed by atoms with van der Waals surface area (Å²) in [6.45, 7) is 1.43. The summed E-state index contributed by atoms with van der Waals surface area (Å²) in [4.78, 5) is 32.5. The zero-order chi connectivity index (χ0) is 22.4. The van der Waals surface area contributed by atoms with Crippen molar-refractivity contribution in [2.24, 2.45) is 0 Å². The minimum Gasteiger partial charge on any atom is -0.291 e. The van der Waals surface area contributed by atoms with E-state index in [1.54, 1.807) is 16.1 Å². The largest absolute Gasteiger partial charge is 0.291 e. The number of piperidine rings is 1. The first kappa shape index (κ1) is 20.2. The number of imide groups is 1. The number of tetrazole rings is 1. The predicted molar refractivity (Wildman–Crippen MR) is 126 cm³/mol. The lowest BCUT2D eigenvalue weighted by Crippen LogP contribution is -2.46. The van der Waals surface area contributed by atoms with Crippen molar-refractivity contribution in [3.63, 3.8) is 0 Å². The van der Waals surface area contributed by atoms with Gasteiger partial charge in [0.1, 0.15) is 0 Å². The molecule has 4 heterocycles. The van der Waals surface area contributed by atoms with Gasteiger partial charge < -0.3 is 0 Å². The van der Waals surface area contributed by atoms with Crippen molar-refractivity contribution < 1.29 is 9.59 Å². The number of anilines is 1. The summed E-state index contributed by atoms with van der Waals surface area (Å²) in [5, 5.41) is 16.9. The van der Waals surface area contributed by atoms with Crippen LogP contribution in [0.25, 0.3) is 21.5 Å². The van der Waals surface area contributed by atoms with E-state index in [-0.39, 0.29) is 24.3 Å². The second-order valence-corrected chi connectivity index (χ2v) is 9.41. The quantitative estimate of drug-likeness (QED) is 0.435. The van der Waals surface area contributed by atoms with Gasteiger partial charge in [0.15, 0.2) is 0 Å². The third-order valence-corrected chi connectivity index (χ3v) is 7.43. The molecule has 166 valence electrons. The van der Waals surface area contributed by atoms with E-state index in [4.69, 9.17) is 0 Å². The Kier molecular flexibility index (Phi) is 5.00.